The van der Waals surface area contributed by atoms with Gasteiger partial charge in [-0.1, -0.05) is 6.07 Å². The van der Waals surface area contributed by atoms with Crippen LogP contribution in [0.5, 0.6) is 5.75 Å². The molecule has 0 unspecified atom stereocenters. The third kappa shape index (κ3) is 3.49. The van der Waals surface area contributed by atoms with E-state index >= 15 is 0 Å². The number of hydrogen-bond donors (Lipinski definition) is 2. The van der Waals surface area contributed by atoms with Gasteiger partial charge >= 0.3 is 0 Å². The highest BCUT2D eigenvalue weighted by atomic mass is 32.2. The first-order chi connectivity index (χ1) is 12.9. The Morgan fingerprint density at radius 2 is 1.50 bits per heavy atom. The number of carbonyl (C=O) groups is 1. The molecule has 0 saturated carbocycles. The number of halogens is 1. The molecule has 0 aromatic heterocycles. The van der Waals surface area contributed by atoms with Gasteiger partial charge in [-0.15, -0.1) is 0 Å². The maximum Gasteiger partial charge on any atom is 0.239 e. The zero-order valence-corrected chi connectivity index (χ0v) is 16.0. The van der Waals surface area contributed by atoms with Crippen molar-refractivity contribution in [3.63, 3.8) is 0 Å². The van der Waals surface area contributed by atoms with Crippen molar-refractivity contribution < 1.29 is 31.1 Å². The topological polar surface area (TPSA) is 132 Å². The maximum absolute atomic E-state index is 13.1. The van der Waals surface area contributed by atoms with Crippen molar-refractivity contribution in [1.29, 1.82) is 0 Å². The van der Waals surface area contributed by atoms with E-state index in [1.807, 2.05) is 0 Å². The molecule has 28 heavy (non-hydrogen) atoms. The van der Waals surface area contributed by atoms with Gasteiger partial charge in [0.05, 0.1) is 10.5 Å². The van der Waals surface area contributed by atoms with Gasteiger partial charge in [-0.3, -0.25) is 4.79 Å². The van der Waals surface area contributed by atoms with E-state index in [0.717, 1.165) is 30.5 Å². The molecule has 10 heteroatoms. The van der Waals surface area contributed by atoms with Crippen molar-refractivity contribution in [2.45, 2.75) is 9.79 Å². The molecule has 146 valence electrons. The fourth-order valence-corrected chi connectivity index (χ4v) is 5.31. The van der Waals surface area contributed by atoms with Crippen LogP contribution < -0.4 is 5.14 Å². The molecule has 0 atom stereocenters. The zero-order chi connectivity index (χ0) is 20.9. The van der Waals surface area contributed by atoms with Gasteiger partial charge in [0.1, 0.15) is 16.5 Å². The summed E-state index contributed by atoms with van der Waals surface area (Å²) in [6, 6.07) is 9.01. The first-order valence-corrected chi connectivity index (χ1v) is 11.2. The molecule has 0 aliphatic heterocycles. The van der Waals surface area contributed by atoms with Crippen LogP contribution >= 0.6 is 0 Å². The van der Waals surface area contributed by atoms with E-state index in [2.05, 4.69) is 0 Å². The number of rotatable bonds is 4. The number of phenolic OH excluding ortho intramolecular Hbond substituents is 1. The monoisotopic (exact) mass is 423 g/mol. The lowest BCUT2D eigenvalue weighted by molar-refractivity contribution is 0.103. The number of benzene rings is 3. The Hall–Kier alpha value is -2.82. The number of aromatic hydroxyl groups is 1. The lowest BCUT2D eigenvalue weighted by atomic mass is 9.96. The highest BCUT2D eigenvalue weighted by Crippen LogP contribution is 2.35. The molecule has 3 N–H and O–H groups in total. The van der Waals surface area contributed by atoms with Gasteiger partial charge in [0.25, 0.3) is 0 Å². The van der Waals surface area contributed by atoms with Crippen molar-refractivity contribution in [2.24, 2.45) is 5.14 Å². The van der Waals surface area contributed by atoms with E-state index < -0.39 is 47.0 Å². The van der Waals surface area contributed by atoms with Gasteiger partial charge in [0, 0.05) is 17.2 Å². The number of hydrogen-bond acceptors (Lipinski definition) is 6. The van der Waals surface area contributed by atoms with Crippen LogP contribution in [0.2, 0.25) is 0 Å². The molecule has 0 saturated heterocycles. The van der Waals surface area contributed by atoms with Crippen LogP contribution in [0.1, 0.15) is 15.9 Å². The number of sulfonamides is 1. The molecule has 0 amide bonds. The summed E-state index contributed by atoms with van der Waals surface area (Å²) in [5.41, 5.74) is -0.206. The van der Waals surface area contributed by atoms with Crippen LogP contribution in [0.15, 0.2) is 58.3 Å². The third-order valence-corrected chi connectivity index (χ3v) is 6.39. The van der Waals surface area contributed by atoms with E-state index in [1.54, 1.807) is 0 Å². The SMILES string of the molecule is CS(=O)(=O)c1ccc2c(C(=O)c3ccc(F)cc3)c(O)ccc2c1S(N)(=O)=O. The molecule has 3 rings (SSSR count). The van der Waals surface area contributed by atoms with E-state index in [1.165, 1.54) is 24.3 Å². The maximum atomic E-state index is 13.1. The molecule has 0 fully saturated rings. The van der Waals surface area contributed by atoms with Crippen LogP contribution in [0.3, 0.4) is 0 Å². The zero-order valence-electron chi connectivity index (χ0n) is 14.4. The van der Waals surface area contributed by atoms with Crippen molar-refractivity contribution in [2.75, 3.05) is 6.26 Å². The summed E-state index contributed by atoms with van der Waals surface area (Å²) in [4.78, 5) is 11.7. The first-order valence-electron chi connectivity index (χ1n) is 7.73. The number of sulfone groups is 1. The van der Waals surface area contributed by atoms with Crippen molar-refractivity contribution >= 4 is 36.4 Å². The molecular formula is C18H14FNO6S2. The van der Waals surface area contributed by atoms with E-state index in [-0.39, 0.29) is 21.9 Å². The van der Waals surface area contributed by atoms with Gasteiger partial charge in [0.2, 0.25) is 10.0 Å². The average Bonchev–Trinajstić information content (AvgIpc) is 2.59. The second-order valence-electron chi connectivity index (χ2n) is 6.10. The molecule has 0 bridgehead atoms. The minimum absolute atomic E-state index is 0.00856. The molecular weight excluding hydrogens is 409 g/mol. The molecule has 0 aliphatic carbocycles. The van der Waals surface area contributed by atoms with Crippen LogP contribution in [0, 0.1) is 5.82 Å². The van der Waals surface area contributed by atoms with Gasteiger partial charge < -0.3 is 5.11 Å². The summed E-state index contributed by atoms with van der Waals surface area (Å²) < 4.78 is 61.4. The van der Waals surface area contributed by atoms with Crippen LogP contribution in [0.25, 0.3) is 10.8 Å². The molecule has 3 aromatic carbocycles. The fourth-order valence-electron chi connectivity index (χ4n) is 2.92. The van der Waals surface area contributed by atoms with Crippen molar-refractivity contribution in [3.8, 4) is 5.75 Å². The summed E-state index contributed by atoms with van der Waals surface area (Å²) >= 11 is 0. The quantitative estimate of drug-likeness (QED) is 0.617. The number of carbonyl (C=O) groups excluding carboxylic acids is 1. The average molecular weight is 423 g/mol. The Labute approximate surface area is 160 Å². The molecule has 3 aromatic rings. The Kier molecular flexibility index (Phi) is 4.74. The predicted octanol–water partition coefficient (Wildman–Crippen LogP) is 1.97. The summed E-state index contributed by atoms with van der Waals surface area (Å²) in [7, 11) is -8.45. The highest BCUT2D eigenvalue weighted by molar-refractivity contribution is 7.93. The predicted molar refractivity (Wildman–Crippen MR) is 99.9 cm³/mol. The Balaban J connectivity index is 2.42. The minimum Gasteiger partial charge on any atom is -0.507 e. The van der Waals surface area contributed by atoms with Gasteiger partial charge in [-0.05, 0) is 47.9 Å². The van der Waals surface area contributed by atoms with Gasteiger partial charge in [-0.25, -0.2) is 26.4 Å². The summed E-state index contributed by atoms with van der Waals surface area (Å²) in [6.07, 6.45) is 0.827. The molecule has 0 spiro atoms. The minimum atomic E-state index is -4.49. The Bertz CT molecular complexity index is 1330. The summed E-state index contributed by atoms with van der Waals surface area (Å²) in [6.45, 7) is 0. The largest absolute Gasteiger partial charge is 0.507 e. The van der Waals surface area contributed by atoms with E-state index in [9.17, 15) is 31.1 Å². The standard InChI is InChI=1S/C18H14FNO6S2/c1-27(23,24)15-9-7-12-13(18(15)28(20,25)26)6-8-14(21)16(12)17(22)10-2-4-11(19)5-3-10/h2-9,21H,1H3,(H2,20,25,26). The second kappa shape index (κ2) is 6.66. The second-order valence-corrected chi connectivity index (χ2v) is 9.58. The lowest BCUT2D eigenvalue weighted by Gasteiger charge is -2.14. The smallest absolute Gasteiger partial charge is 0.239 e. The van der Waals surface area contributed by atoms with E-state index in [4.69, 9.17) is 5.14 Å². The number of ketones is 1. The van der Waals surface area contributed by atoms with Gasteiger partial charge in [-0.2, -0.15) is 0 Å². The van der Waals surface area contributed by atoms with E-state index in [0.29, 0.717) is 0 Å². The lowest BCUT2D eigenvalue weighted by Crippen LogP contribution is -2.17. The first kappa shape index (κ1) is 19.9. The Morgan fingerprint density at radius 1 is 0.929 bits per heavy atom. The molecule has 7 nitrogen and oxygen atoms in total. The number of primary sulfonamides is 1. The van der Waals surface area contributed by atoms with Gasteiger partial charge in [0.15, 0.2) is 15.6 Å². The van der Waals surface area contributed by atoms with Crippen LogP contribution in [0.4, 0.5) is 4.39 Å². The third-order valence-electron chi connectivity index (χ3n) is 4.11. The highest BCUT2D eigenvalue weighted by Gasteiger charge is 2.27. The molecule has 0 radical (unpaired) electrons. The van der Waals surface area contributed by atoms with Crippen LogP contribution in [-0.2, 0) is 19.9 Å². The fraction of sp³-hybridized carbons (Fsp3) is 0.0556. The van der Waals surface area contributed by atoms with Crippen LogP contribution in [-0.4, -0.2) is 34.0 Å². The number of phenols is 1. The molecule has 0 heterocycles. The summed E-state index contributed by atoms with van der Waals surface area (Å²) in [5, 5.41) is 15.3. The normalized spacial score (nSPS) is 12.2. The number of nitrogens with two attached hydrogens (primary N) is 1. The number of fused-ring (bicyclic) bond motifs is 1. The van der Waals surface area contributed by atoms with Crippen molar-refractivity contribution in [1.82, 2.24) is 0 Å². The summed E-state index contributed by atoms with van der Waals surface area (Å²) in [5.74, 6) is -1.71. The van der Waals surface area contributed by atoms with Crippen molar-refractivity contribution in [3.05, 3.63) is 65.5 Å². The Morgan fingerprint density at radius 3 is 2.04 bits per heavy atom. The molecule has 0 aliphatic rings.